The fourth-order valence-electron chi connectivity index (χ4n) is 1.55. The molecule has 0 spiro atoms. The van der Waals surface area contributed by atoms with Crippen LogP contribution in [0.5, 0.6) is 17.2 Å². The van der Waals surface area contributed by atoms with Crippen molar-refractivity contribution >= 4 is 11.6 Å². The summed E-state index contributed by atoms with van der Waals surface area (Å²) in [5.74, 6) is 2.17. The van der Waals surface area contributed by atoms with Crippen LogP contribution in [0.15, 0.2) is 53.5 Å². The molecule has 0 atom stereocenters. The van der Waals surface area contributed by atoms with Crippen LogP contribution in [0.4, 0.5) is 5.69 Å². The van der Waals surface area contributed by atoms with Gasteiger partial charge in [0.25, 0.3) is 0 Å². The minimum Gasteiger partial charge on any atom is -0.497 e. The third kappa shape index (κ3) is 3.64. The summed E-state index contributed by atoms with van der Waals surface area (Å²) in [5.41, 5.74) is 11.3. The summed E-state index contributed by atoms with van der Waals surface area (Å²) in [6.07, 6.45) is 0. The van der Waals surface area contributed by atoms with Gasteiger partial charge in [-0.3, -0.25) is 0 Å². The van der Waals surface area contributed by atoms with Crippen LogP contribution in [0, 0.1) is 0 Å². The van der Waals surface area contributed by atoms with E-state index in [0.29, 0.717) is 17.2 Å². The van der Waals surface area contributed by atoms with Crippen molar-refractivity contribution in [3.05, 3.63) is 48.5 Å². The van der Waals surface area contributed by atoms with Crippen LogP contribution in [-0.2, 0) is 0 Å². The first kappa shape index (κ1) is 12.8. The average molecular weight is 257 g/mol. The van der Waals surface area contributed by atoms with Crippen LogP contribution in [0.25, 0.3) is 0 Å². The zero-order chi connectivity index (χ0) is 13.7. The molecule has 2 rings (SSSR count). The van der Waals surface area contributed by atoms with Crippen molar-refractivity contribution in [3.8, 4) is 17.2 Å². The number of benzene rings is 2. The maximum absolute atomic E-state index is 5.69. The molecule has 0 bridgehead atoms. The molecule has 0 saturated heterocycles. The van der Waals surface area contributed by atoms with Gasteiger partial charge in [-0.05, 0) is 36.4 Å². The van der Waals surface area contributed by atoms with Crippen molar-refractivity contribution in [3.63, 3.8) is 0 Å². The highest BCUT2D eigenvalue weighted by molar-refractivity contribution is 5.79. The number of hydrogen-bond donors (Lipinski definition) is 2. The lowest BCUT2D eigenvalue weighted by molar-refractivity contribution is 0.413. The lowest BCUT2D eigenvalue weighted by atomic mass is 10.3. The fourth-order valence-corrected chi connectivity index (χ4v) is 1.55. The normalized spacial score (nSPS) is 9.74. The van der Waals surface area contributed by atoms with Gasteiger partial charge in [0, 0.05) is 6.07 Å². The van der Waals surface area contributed by atoms with E-state index < -0.39 is 0 Å². The summed E-state index contributed by atoms with van der Waals surface area (Å²) in [6, 6.07) is 14.5. The van der Waals surface area contributed by atoms with Gasteiger partial charge in [-0.25, -0.2) is 4.99 Å². The van der Waals surface area contributed by atoms with Gasteiger partial charge in [0.15, 0.2) is 5.96 Å². The zero-order valence-corrected chi connectivity index (χ0v) is 10.5. The molecular weight excluding hydrogens is 242 g/mol. The Hall–Kier alpha value is -2.69. The second-order valence-corrected chi connectivity index (χ2v) is 3.81. The van der Waals surface area contributed by atoms with Crippen LogP contribution in [-0.4, -0.2) is 13.1 Å². The number of nitrogens with two attached hydrogens (primary N) is 2. The average Bonchev–Trinajstić information content (AvgIpc) is 2.39. The maximum Gasteiger partial charge on any atom is 0.191 e. The van der Waals surface area contributed by atoms with E-state index in [9.17, 15) is 0 Å². The molecule has 19 heavy (non-hydrogen) atoms. The topological polar surface area (TPSA) is 82.9 Å². The second kappa shape index (κ2) is 5.77. The molecule has 0 unspecified atom stereocenters. The van der Waals surface area contributed by atoms with Crippen LogP contribution < -0.4 is 20.9 Å². The lowest BCUT2D eigenvalue weighted by Crippen LogP contribution is -2.21. The molecule has 5 nitrogen and oxygen atoms in total. The molecule has 0 amide bonds. The summed E-state index contributed by atoms with van der Waals surface area (Å²) >= 11 is 0. The van der Waals surface area contributed by atoms with Gasteiger partial charge in [-0.15, -0.1) is 0 Å². The smallest absolute Gasteiger partial charge is 0.191 e. The van der Waals surface area contributed by atoms with Crippen molar-refractivity contribution in [1.82, 2.24) is 0 Å². The molecule has 4 N–H and O–H groups in total. The van der Waals surface area contributed by atoms with Gasteiger partial charge in [-0.2, -0.15) is 0 Å². The van der Waals surface area contributed by atoms with E-state index in [0.717, 1.165) is 5.75 Å². The monoisotopic (exact) mass is 257 g/mol. The quantitative estimate of drug-likeness (QED) is 0.650. The van der Waals surface area contributed by atoms with Crippen LogP contribution in [0.2, 0.25) is 0 Å². The van der Waals surface area contributed by atoms with Crippen molar-refractivity contribution in [2.45, 2.75) is 0 Å². The highest BCUT2D eigenvalue weighted by atomic mass is 16.5. The number of rotatable bonds is 4. The Balaban J connectivity index is 2.16. The highest BCUT2D eigenvalue weighted by Gasteiger charge is 1.99. The van der Waals surface area contributed by atoms with Gasteiger partial charge < -0.3 is 20.9 Å². The second-order valence-electron chi connectivity index (χ2n) is 3.81. The Labute approximate surface area is 111 Å². The summed E-state index contributed by atoms with van der Waals surface area (Å²) in [6.45, 7) is 0. The van der Waals surface area contributed by atoms with Crippen LogP contribution >= 0.6 is 0 Å². The Kier molecular flexibility index (Phi) is 3.87. The van der Waals surface area contributed by atoms with E-state index in [-0.39, 0.29) is 5.96 Å². The van der Waals surface area contributed by atoms with E-state index in [1.165, 1.54) is 0 Å². The molecule has 5 heteroatoms. The molecule has 0 radical (unpaired) electrons. The van der Waals surface area contributed by atoms with E-state index in [4.69, 9.17) is 20.9 Å². The Morgan fingerprint density at radius 2 is 1.63 bits per heavy atom. The number of ether oxygens (including phenoxy) is 2. The summed E-state index contributed by atoms with van der Waals surface area (Å²) in [7, 11) is 1.62. The summed E-state index contributed by atoms with van der Waals surface area (Å²) in [4.78, 5) is 3.96. The predicted octanol–water partition coefficient (Wildman–Crippen LogP) is 2.39. The Bertz CT molecular complexity index is 575. The molecule has 0 saturated carbocycles. The number of aliphatic imine (C=N–C) groups is 1. The number of nitrogens with zero attached hydrogens (tertiary/aromatic N) is 1. The minimum absolute atomic E-state index is 0.0154. The van der Waals surface area contributed by atoms with Crippen molar-refractivity contribution in [1.29, 1.82) is 0 Å². The molecule has 98 valence electrons. The predicted molar refractivity (Wildman–Crippen MR) is 75.0 cm³/mol. The SMILES string of the molecule is COc1ccc(Oc2cccc(N=C(N)N)c2)cc1. The maximum atomic E-state index is 5.69. The van der Waals surface area contributed by atoms with Crippen LogP contribution in [0.1, 0.15) is 0 Å². The molecule has 0 aliphatic carbocycles. The standard InChI is InChI=1S/C14H15N3O2/c1-18-11-5-7-12(8-6-11)19-13-4-2-3-10(9-13)17-14(15)16/h2-9H,1H3,(H4,15,16,17). The summed E-state index contributed by atoms with van der Waals surface area (Å²) < 4.78 is 10.8. The summed E-state index contributed by atoms with van der Waals surface area (Å²) in [5, 5.41) is 0. The lowest BCUT2D eigenvalue weighted by Gasteiger charge is -2.07. The van der Waals surface area contributed by atoms with Gasteiger partial charge in [0.05, 0.1) is 12.8 Å². The molecule has 0 aliphatic heterocycles. The molecule has 0 heterocycles. The van der Waals surface area contributed by atoms with Gasteiger partial charge >= 0.3 is 0 Å². The first-order chi connectivity index (χ1) is 9.17. The fraction of sp³-hybridized carbons (Fsp3) is 0.0714. The van der Waals surface area contributed by atoms with Crippen molar-refractivity contribution < 1.29 is 9.47 Å². The van der Waals surface area contributed by atoms with E-state index in [1.54, 1.807) is 19.2 Å². The van der Waals surface area contributed by atoms with E-state index >= 15 is 0 Å². The van der Waals surface area contributed by atoms with Gasteiger partial charge in [0.1, 0.15) is 17.2 Å². The molecular formula is C14H15N3O2. The Morgan fingerprint density at radius 1 is 0.947 bits per heavy atom. The highest BCUT2D eigenvalue weighted by Crippen LogP contribution is 2.26. The Morgan fingerprint density at radius 3 is 2.26 bits per heavy atom. The van der Waals surface area contributed by atoms with Crippen LogP contribution in [0.3, 0.4) is 0 Å². The third-order valence-electron chi connectivity index (χ3n) is 2.37. The minimum atomic E-state index is 0.0154. The van der Waals surface area contributed by atoms with Crippen molar-refractivity contribution in [2.75, 3.05) is 7.11 Å². The zero-order valence-electron chi connectivity index (χ0n) is 10.5. The number of guanidine groups is 1. The van der Waals surface area contributed by atoms with Gasteiger partial charge in [0.2, 0.25) is 0 Å². The number of hydrogen-bond acceptors (Lipinski definition) is 3. The first-order valence-electron chi connectivity index (χ1n) is 5.69. The third-order valence-corrected chi connectivity index (χ3v) is 2.37. The van der Waals surface area contributed by atoms with E-state index in [2.05, 4.69) is 4.99 Å². The molecule has 0 aromatic heterocycles. The molecule has 2 aromatic carbocycles. The molecule has 0 fully saturated rings. The van der Waals surface area contributed by atoms with E-state index in [1.807, 2.05) is 36.4 Å². The molecule has 0 aliphatic rings. The number of methoxy groups -OCH3 is 1. The van der Waals surface area contributed by atoms with Crippen molar-refractivity contribution in [2.24, 2.45) is 16.5 Å². The largest absolute Gasteiger partial charge is 0.497 e. The first-order valence-corrected chi connectivity index (χ1v) is 5.69. The van der Waals surface area contributed by atoms with Gasteiger partial charge in [-0.1, -0.05) is 6.07 Å². The molecule has 2 aromatic rings.